The molecule has 0 saturated carbocycles. The molecule has 25 heavy (non-hydrogen) atoms. The van der Waals surface area contributed by atoms with Crippen LogP contribution < -0.4 is 15.0 Å². The van der Waals surface area contributed by atoms with E-state index in [4.69, 9.17) is 14.5 Å². The van der Waals surface area contributed by atoms with Crippen LogP contribution >= 0.6 is 0 Å². The molecular formula is C18H21N5O2. The molecule has 1 aliphatic rings. The van der Waals surface area contributed by atoms with Gasteiger partial charge in [0.25, 0.3) is 0 Å². The molecule has 1 N–H and O–H groups in total. The SMILES string of the molecule is CCN=c1ncn(Cc2ccc3c(c2)OCO3)c2nc(C(C)C)[nH]c12. The molecule has 3 heterocycles. The molecule has 2 aromatic heterocycles. The van der Waals surface area contributed by atoms with Crippen LogP contribution in [-0.2, 0) is 6.54 Å². The average Bonchev–Trinajstić information content (AvgIpc) is 3.23. The van der Waals surface area contributed by atoms with Crippen LogP contribution in [0, 0.1) is 0 Å². The summed E-state index contributed by atoms with van der Waals surface area (Å²) in [6.07, 6.45) is 1.80. The van der Waals surface area contributed by atoms with Crippen molar-refractivity contribution in [1.29, 1.82) is 0 Å². The number of aromatic amines is 1. The summed E-state index contributed by atoms with van der Waals surface area (Å²) in [7, 11) is 0. The van der Waals surface area contributed by atoms with Gasteiger partial charge in [0.15, 0.2) is 22.6 Å². The second-order valence-corrected chi connectivity index (χ2v) is 6.33. The first kappa shape index (κ1) is 15.7. The van der Waals surface area contributed by atoms with Crippen molar-refractivity contribution < 1.29 is 9.47 Å². The van der Waals surface area contributed by atoms with Crippen LogP contribution in [-0.4, -0.2) is 32.9 Å². The highest BCUT2D eigenvalue weighted by molar-refractivity contribution is 5.69. The minimum absolute atomic E-state index is 0.280. The fourth-order valence-electron chi connectivity index (χ4n) is 2.88. The summed E-state index contributed by atoms with van der Waals surface area (Å²) in [5.74, 6) is 2.82. The summed E-state index contributed by atoms with van der Waals surface area (Å²) >= 11 is 0. The third kappa shape index (κ3) is 2.86. The van der Waals surface area contributed by atoms with Gasteiger partial charge in [-0.3, -0.25) is 4.99 Å². The van der Waals surface area contributed by atoms with Gasteiger partial charge in [-0.25, -0.2) is 9.97 Å². The van der Waals surface area contributed by atoms with Crippen LogP contribution in [0.3, 0.4) is 0 Å². The summed E-state index contributed by atoms with van der Waals surface area (Å²) in [4.78, 5) is 17.1. The number of nitrogens with zero attached hydrogens (tertiary/aromatic N) is 4. The van der Waals surface area contributed by atoms with E-state index < -0.39 is 0 Å². The Labute approximate surface area is 145 Å². The monoisotopic (exact) mass is 339 g/mol. The summed E-state index contributed by atoms with van der Waals surface area (Å²) in [5.41, 5.74) is 3.56. The van der Waals surface area contributed by atoms with Gasteiger partial charge in [-0.05, 0) is 24.6 Å². The third-order valence-corrected chi connectivity index (χ3v) is 4.16. The zero-order valence-corrected chi connectivity index (χ0v) is 14.6. The van der Waals surface area contributed by atoms with E-state index in [9.17, 15) is 0 Å². The molecule has 0 aliphatic carbocycles. The van der Waals surface area contributed by atoms with Crippen molar-refractivity contribution in [2.24, 2.45) is 4.99 Å². The molecule has 0 spiro atoms. The summed E-state index contributed by atoms with van der Waals surface area (Å²) in [5, 5.41) is 0. The number of rotatable bonds is 4. The van der Waals surface area contributed by atoms with Crippen LogP contribution in [0.15, 0.2) is 29.5 Å². The molecule has 4 rings (SSSR count). The largest absolute Gasteiger partial charge is 0.454 e. The number of hydrogen-bond donors (Lipinski definition) is 1. The molecule has 1 aliphatic heterocycles. The second kappa shape index (κ2) is 6.23. The first-order valence-corrected chi connectivity index (χ1v) is 8.49. The smallest absolute Gasteiger partial charge is 0.231 e. The minimum atomic E-state index is 0.280. The van der Waals surface area contributed by atoms with Crippen LogP contribution in [0.2, 0.25) is 0 Å². The van der Waals surface area contributed by atoms with Gasteiger partial charge < -0.3 is 19.0 Å². The lowest BCUT2D eigenvalue weighted by Crippen LogP contribution is -2.15. The fraction of sp³-hybridized carbons (Fsp3) is 0.389. The molecule has 0 fully saturated rings. The Morgan fingerprint density at radius 1 is 1.28 bits per heavy atom. The van der Waals surface area contributed by atoms with E-state index in [1.54, 1.807) is 6.33 Å². The lowest BCUT2D eigenvalue weighted by Gasteiger charge is -2.08. The summed E-state index contributed by atoms with van der Waals surface area (Å²) in [6, 6.07) is 5.97. The highest BCUT2D eigenvalue weighted by Crippen LogP contribution is 2.32. The topological polar surface area (TPSA) is 77.3 Å². The molecule has 7 heteroatoms. The quantitative estimate of drug-likeness (QED) is 0.792. The normalized spacial score (nSPS) is 14.0. The highest BCUT2D eigenvalue weighted by atomic mass is 16.7. The molecule has 0 amide bonds. The zero-order valence-electron chi connectivity index (χ0n) is 14.6. The van der Waals surface area contributed by atoms with Crippen molar-refractivity contribution in [3.8, 4) is 11.5 Å². The van der Waals surface area contributed by atoms with E-state index in [2.05, 4.69) is 28.8 Å². The van der Waals surface area contributed by atoms with Crippen LogP contribution in [0.5, 0.6) is 11.5 Å². The summed E-state index contributed by atoms with van der Waals surface area (Å²) in [6.45, 7) is 7.84. The van der Waals surface area contributed by atoms with E-state index in [1.165, 1.54) is 0 Å². The number of benzene rings is 1. The van der Waals surface area contributed by atoms with Gasteiger partial charge in [0.2, 0.25) is 6.79 Å². The van der Waals surface area contributed by atoms with Gasteiger partial charge in [-0.1, -0.05) is 19.9 Å². The van der Waals surface area contributed by atoms with Crippen molar-refractivity contribution >= 4 is 11.2 Å². The van der Waals surface area contributed by atoms with E-state index >= 15 is 0 Å². The van der Waals surface area contributed by atoms with Gasteiger partial charge in [-0.2, -0.15) is 0 Å². The maximum atomic E-state index is 5.47. The van der Waals surface area contributed by atoms with Crippen LogP contribution in [0.4, 0.5) is 0 Å². The predicted molar refractivity (Wildman–Crippen MR) is 93.7 cm³/mol. The molecule has 0 atom stereocenters. The van der Waals surface area contributed by atoms with Crippen molar-refractivity contribution in [1.82, 2.24) is 19.5 Å². The Bertz CT molecular complexity index is 987. The number of nitrogens with one attached hydrogen (secondary N) is 1. The highest BCUT2D eigenvalue weighted by Gasteiger charge is 2.15. The van der Waals surface area contributed by atoms with Crippen molar-refractivity contribution in [2.45, 2.75) is 33.2 Å². The van der Waals surface area contributed by atoms with Crippen LogP contribution in [0.25, 0.3) is 11.2 Å². The Morgan fingerprint density at radius 2 is 2.12 bits per heavy atom. The first-order valence-electron chi connectivity index (χ1n) is 8.49. The molecule has 0 radical (unpaired) electrons. The molecule has 7 nitrogen and oxygen atoms in total. The van der Waals surface area contributed by atoms with E-state index in [1.807, 2.05) is 29.7 Å². The number of aromatic nitrogens is 4. The number of fused-ring (bicyclic) bond motifs is 2. The fourth-order valence-corrected chi connectivity index (χ4v) is 2.88. The van der Waals surface area contributed by atoms with Crippen molar-refractivity contribution in [3.63, 3.8) is 0 Å². The van der Waals surface area contributed by atoms with E-state index in [0.29, 0.717) is 24.5 Å². The molecule has 1 aromatic carbocycles. The van der Waals surface area contributed by atoms with Gasteiger partial charge in [0.05, 0.1) is 12.9 Å². The first-order chi connectivity index (χ1) is 12.2. The van der Waals surface area contributed by atoms with Crippen molar-refractivity contribution in [2.75, 3.05) is 13.3 Å². The van der Waals surface area contributed by atoms with E-state index in [-0.39, 0.29) is 6.79 Å². The second-order valence-electron chi connectivity index (χ2n) is 6.33. The van der Waals surface area contributed by atoms with Gasteiger partial charge in [0.1, 0.15) is 11.3 Å². The predicted octanol–water partition coefficient (Wildman–Crippen LogP) is 2.58. The maximum Gasteiger partial charge on any atom is 0.231 e. The van der Waals surface area contributed by atoms with Gasteiger partial charge >= 0.3 is 0 Å². The standard InChI is InChI=1S/C18H21N5O2/c1-4-19-17-15-18(22-16(21-15)11(2)3)23(9-20-17)8-12-5-6-13-14(7-12)25-10-24-13/h5-7,9,11H,4,8,10H2,1-3H3,(H,21,22). The van der Waals surface area contributed by atoms with Gasteiger partial charge in [-0.15, -0.1) is 0 Å². The lowest BCUT2D eigenvalue weighted by atomic mass is 10.2. The lowest BCUT2D eigenvalue weighted by molar-refractivity contribution is 0.174. The molecule has 0 unspecified atom stereocenters. The maximum absolute atomic E-state index is 5.47. The average molecular weight is 339 g/mol. The number of imidazole rings is 1. The Kier molecular flexibility index (Phi) is 3.91. The molecule has 3 aromatic rings. The molecule has 130 valence electrons. The van der Waals surface area contributed by atoms with E-state index in [0.717, 1.165) is 34.1 Å². The zero-order chi connectivity index (χ0) is 17.4. The molecular weight excluding hydrogens is 318 g/mol. The van der Waals surface area contributed by atoms with Crippen LogP contribution in [0.1, 0.15) is 38.1 Å². The number of hydrogen-bond acceptors (Lipinski definition) is 5. The minimum Gasteiger partial charge on any atom is -0.454 e. The molecule has 0 bridgehead atoms. The Balaban J connectivity index is 1.79. The number of H-pyrrole nitrogens is 1. The van der Waals surface area contributed by atoms with Crippen molar-refractivity contribution in [3.05, 3.63) is 41.4 Å². The molecule has 0 saturated heterocycles. The third-order valence-electron chi connectivity index (χ3n) is 4.16. The Morgan fingerprint density at radius 3 is 2.92 bits per heavy atom. The summed E-state index contributed by atoms with van der Waals surface area (Å²) < 4.78 is 12.9. The number of ether oxygens (including phenoxy) is 2. The Hall–Kier alpha value is -2.83. The van der Waals surface area contributed by atoms with Gasteiger partial charge in [0, 0.05) is 12.5 Å².